The van der Waals surface area contributed by atoms with Gasteiger partial charge in [-0.15, -0.1) is 0 Å². The largest absolute Gasteiger partial charge is 0.504 e. The second-order valence-electron chi connectivity index (χ2n) is 5.59. The molecule has 0 aliphatic carbocycles. The van der Waals surface area contributed by atoms with Crippen LogP contribution < -0.4 is 10.9 Å². The van der Waals surface area contributed by atoms with E-state index in [4.69, 9.17) is 0 Å². The Hall–Kier alpha value is -3.82. The van der Waals surface area contributed by atoms with Gasteiger partial charge >= 0.3 is 6.18 Å². The third-order valence-corrected chi connectivity index (χ3v) is 3.70. The molecule has 0 spiro atoms. The molecule has 0 aliphatic heterocycles. The summed E-state index contributed by atoms with van der Waals surface area (Å²) in [5.74, 6) is -2.63. The van der Waals surface area contributed by atoms with Crippen LogP contribution in [-0.2, 0) is 6.18 Å². The van der Waals surface area contributed by atoms with Crippen molar-refractivity contribution in [3.63, 3.8) is 0 Å². The monoisotopic (exact) mass is 390 g/mol. The SMILES string of the molecule is O=C(NNC(=O)c1nn(-c2ccccc2)cc1O)c1ccccc1C(F)(F)F. The topological polar surface area (TPSA) is 96.3 Å². The fourth-order valence-electron chi connectivity index (χ4n) is 2.41. The molecule has 0 bridgehead atoms. The number of nitrogens with one attached hydrogen (secondary N) is 2. The minimum atomic E-state index is -4.73. The highest BCUT2D eigenvalue weighted by atomic mass is 19.4. The number of hydrogen-bond acceptors (Lipinski definition) is 4. The van der Waals surface area contributed by atoms with Crippen LogP contribution in [0.1, 0.15) is 26.4 Å². The van der Waals surface area contributed by atoms with Crippen LogP contribution in [0.3, 0.4) is 0 Å². The van der Waals surface area contributed by atoms with Gasteiger partial charge in [0.2, 0.25) is 0 Å². The molecule has 2 aromatic carbocycles. The van der Waals surface area contributed by atoms with Crippen LogP contribution >= 0.6 is 0 Å². The number of carbonyl (C=O) groups is 2. The van der Waals surface area contributed by atoms with E-state index in [1.807, 2.05) is 10.9 Å². The van der Waals surface area contributed by atoms with Crippen molar-refractivity contribution in [3.05, 3.63) is 77.6 Å². The number of amides is 2. The maximum Gasteiger partial charge on any atom is 0.417 e. The second-order valence-corrected chi connectivity index (χ2v) is 5.59. The molecule has 0 saturated carbocycles. The lowest BCUT2D eigenvalue weighted by atomic mass is 10.1. The van der Waals surface area contributed by atoms with Crippen LogP contribution in [-0.4, -0.2) is 26.7 Å². The van der Waals surface area contributed by atoms with E-state index < -0.39 is 40.6 Å². The molecular weight excluding hydrogens is 377 g/mol. The molecule has 0 saturated heterocycles. The molecule has 3 aromatic rings. The summed E-state index contributed by atoms with van der Waals surface area (Å²) in [6.07, 6.45) is -3.55. The summed E-state index contributed by atoms with van der Waals surface area (Å²) in [7, 11) is 0. The summed E-state index contributed by atoms with van der Waals surface area (Å²) in [4.78, 5) is 24.2. The zero-order valence-corrected chi connectivity index (χ0v) is 14.1. The lowest BCUT2D eigenvalue weighted by molar-refractivity contribution is -0.137. The average Bonchev–Trinajstić information content (AvgIpc) is 3.07. The molecule has 1 aromatic heterocycles. The molecule has 0 unspecified atom stereocenters. The van der Waals surface area contributed by atoms with E-state index in [-0.39, 0.29) is 0 Å². The Kier molecular flexibility index (Phi) is 5.03. The first-order valence-electron chi connectivity index (χ1n) is 7.88. The van der Waals surface area contributed by atoms with Gasteiger partial charge in [-0.25, -0.2) is 4.68 Å². The van der Waals surface area contributed by atoms with Crippen molar-refractivity contribution in [2.75, 3.05) is 0 Å². The molecule has 0 fully saturated rings. The molecule has 10 heteroatoms. The number of nitrogens with zero attached hydrogens (tertiary/aromatic N) is 2. The number of hydrazine groups is 1. The Labute approximate surface area is 156 Å². The van der Waals surface area contributed by atoms with E-state index >= 15 is 0 Å². The minimum absolute atomic E-state index is 0.409. The first-order chi connectivity index (χ1) is 13.3. The lowest BCUT2D eigenvalue weighted by Crippen LogP contribution is -2.42. The third-order valence-electron chi connectivity index (χ3n) is 3.70. The summed E-state index contributed by atoms with van der Waals surface area (Å²) >= 11 is 0. The maximum absolute atomic E-state index is 13.0. The Balaban J connectivity index is 1.73. The molecule has 2 amide bonds. The normalized spacial score (nSPS) is 11.1. The third kappa shape index (κ3) is 3.95. The Morgan fingerprint density at radius 1 is 0.929 bits per heavy atom. The molecule has 7 nitrogen and oxygen atoms in total. The second kappa shape index (κ2) is 7.43. The Bertz CT molecular complexity index is 1020. The molecular formula is C18H13F3N4O3. The van der Waals surface area contributed by atoms with Crippen molar-refractivity contribution in [1.29, 1.82) is 0 Å². The van der Waals surface area contributed by atoms with Crippen LogP contribution in [0, 0.1) is 0 Å². The van der Waals surface area contributed by atoms with Gasteiger partial charge in [-0.3, -0.25) is 20.4 Å². The zero-order valence-electron chi connectivity index (χ0n) is 14.1. The number of carbonyl (C=O) groups excluding carboxylic acids is 2. The molecule has 0 radical (unpaired) electrons. The highest BCUT2D eigenvalue weighted by Crippen LogP contribution is 2.31. The van der Waals surface area contributed by atoms with Crippen molar-refractivity contribution >= 4 is 11.8 Å². The van der Waals surface area contributed by atoms with Gasteiger partial charge in [0.15, 0.2) is 11.4 Å². The summed E-state index contributed by atoms with van der Waals surface area (Å²) in [6, 6.07) is 12.7. The van der Waals surface area contributed by atoms with E-state index in [2.05, 4.69) is 5.10 Å². The molecule has 3 rings (SSSR count). The lowest BCUT2D eigenvalue weighted by Gasteiger charge is -2.12. The summed E-state index contributed by atoms with van der Waals surface area (Å²) in [5, 5.41) is 13.8. The predicted octanol–water partition coefficient (Wildman–Crippen LogP) is 2.67. The van der Waals surface area contributed by atoms with Crippen LogP contribution in [0.4, 0.5) is 13.2 Å². The average molecular weight is 390 g/mol. The van der Waals surface area contributed by atoms with Crippen molar-refractivity contribution in [2.45, 2.75) is 6.18 Å². The highest BCUT2D eigenvalue weighted by Gasteiger charge is 2.35. The van der Waals surface area contributed by atoms with Crippen molar-refractivity contribution < 1.29 is 27.9 Å². The van der Waals surface area contributed by atoms with E-state index in [1.165, 1.54) is 16.9 Å². The van der Waals surface area contributed by atoms with Crippen LogP contribution in [0.25, 0.3) is 5.69 Å². The number of para-hydroxylation sites is 1. The standard InChI is InChI=1S/C18H13F3N4O3/c19-18(20,21)13-9-5-4-8-12(13)16(27)22-23-17(28)15-14(26)10-25(24-15)11-6-2-1-3-7-11/h1-10,26H,(H,22,27)(H,23,28). The first-order valence-corrected chi connectivity index (χ1v) is 7.88. The smallest absolute Gasteiger partial charge is 0.417 e. The Morgan fingerprint density at radius 3 is 2.21 bits per heavy atom. The van der Waals surface area contributed by atoms with Crippen molar-refractivity contribution in [3.8, 4) is 11.4 Å². The van der Waals surface area contributed by atoms with Crippen LogP contribution in [0.5, 0.6) is 5.75 Å². The predicted molar refractivity (Wildman–Crippen MR) is 91.6 cm³/mol. The van der Waals surface area contributed by atoms with Crippen LogP contribution in [0.2, 0.25) is 0 Å². The summed E-state index contributed by atoms with van der Waals surface area (Å²) in [5.41, 5.74) is 2.19. The van der Waals surface area contributed by atoms with E-state index in [0.29, 0.717) is 5.69 Å². The van der Waals surface area contributed by atoms with E-state index in [0.717, 1.165) is 18.2 Å². The molecule has 0 aliphatic rings. The van der Waals surface area contributed by atoms with Gasteiger partial charge in [0.25, 0.3) is 11.8 Å². The van der Waals surface area contributed by atoms with Gasteiger partial charge in [-0.2, -0.15) is 18.3 Å². The number of halogens is 3. The maximum atomic E-state index is 13.0. The van der Waals surface area contributed by atoms with E-state index in [1.54, 1.807) is 30.3 Å². The van der Waals surface area contributed by atoms with Gasteiger partial charge in [-0.05, 0) is 24.3 Å². The molecule has 0 atom stereocenters. The van der Waals surface area contributed by atoms with Gasteiger partial charge in [0, 0.05) is 0 Å². The molecule has 144 valence electrons. The zero-order chi connectivity index (χ0) is 20.3. The number of aromatic hydroxyl groups is 1. The number of benzene rings is 2. The summed E-state index contributed by atoms with van der Waals surface area (Å²) in [6.45, 7) is 0. The van der Waals surface area contributed by atoms with Crippen molar-refractivity contribution in [2.24, 2.45) is 0 Å². The number of alkyl halides is 3. The molecule has 28 heavy (non-hydrogen) atoms. The quantitative estimate of drug-likeness (QED) is 0.599. The molecule has 3 N–H and O–H groups in total. The van der Waals surface area contributed by atoms with Crippen molar-refractivity contribution in [1.82, 2.24) is 20.6 Å². The van der Waals surface area contributed by atoms with Crippen LogP contribution in [0.15, 0.2) is 60.8 Å². The van der Waals surface area contributed by atoms with Gasteiger partial charge in [-0.1, -0.05) is 30.3 Å². The fraction of sp³-hybridized carbons (Fsp3) is 0.0556. The fourth-order valence-corrected chi connectivity index (χ4v) is 2.41. The highest BCUT2D eigenvalue weighted by molar-refractivity contribution is 6.00. The summed E-state index contributed by atoms with van der Waals surface area (Å²) < 4.78 is 40.2. The van der Waals surface area contributed by atoms with Gasteiger partial charge < -0.3 is 5.11 Å². The number of hydrogen-bond donors (Lipinski definition) is 3. The Morgan fingerprint density at radius 2 is 1.54 bits per heavy atom. The van der Waals surface area contributed by atoms with Gasteiger partial charge in [0.05, 0.1) is 23.0 Å². The minimum Gasteiger partial charge on any atom is -0.504 e. The molecule has 1 heterocycles. The first kappa shape index (κ1) is 19.0. The van der Waals surface area contributed by atoms with Gasteiger partial charge in [0.1, 0.15) is 0 Å². The number of aromatic nitrogens is 2. The number of rotatable bonds is 3. The van der Waals surface area contributed by atoms with E-state index in [9.17, 15) is 27.9 Å².